The highest BCUT2D eigenvalue weighted by atomic mass is 79.9. The molecule has 0 saturated carbocycles. The van der Waals surface area contributed by atoms with Crippen LogP contribution in [0, 0.1) is 6.92 Å². The molecule has 0 atom stereocenters. The summed E-state index contributed by atoms with van der Waals surface area (Å²) in [5.74, 6) is 0.730. The summed E-state index contributed by atoms with van der Waals surface area (Å²) >= 11 is 3.39. The number of nitrogens with one attached hydrogen (secondary N) is 2. The molecule has 0 bridgehead atoms. The van der Waals surface area contributed by atoms with Crippen molar-refractivity contribution >= 4 is 22.0 Å². The smallest absolute Gasteiger partial charge is 0.317 e. The maximum atomic E-state index is 11.6. The fourth-order valence-electron chi connectivity index (χ4n) is 1.71. The molecule has 0 fully saturated rings. The standard InChI is InChI=1S/C16H17BrN2O2/c1-12-5-7-15(8-6-12)21-11-19-16(20)18-10-13-3-2-4-14(17)9-13/h2-9H,10-11H2,1H3,(H2,18,19,20). The van der Waals surface area contributed by atoms with E-state index in [2.05, 4.69) is 26.6 Å². The first-order chi connectivity index (χ1) is 10.1. The van der Waals surface area contributed by atoms with E-state index in [0.717, 1.165) is 15.8 Å². The van der Waals surface area contributed by atoms with Gasteiger partial charge in [0.05, 0.1) is 0 Å². The highest BCUT2D eigenvalue weighted by molar-refractivity contribution is 9.10. The lowest BCUT2D eigenvalue weighted by atomic mass is 10.2. The van der Waals surface area contributed by atoms with E-state index in [-0.39, 0.29) is 12.8 Å². The van der Waals surface area contributed by atoms with Crippen molar-refractivity contribution in [2.45, 2.75) is 13.5 Å². The number of halogens is 1. The molecule has 110 valence electrons. The number of hydrogen-bond donors (Lipinski definition) is 2. The molecule has 0 aliphatic heterocycles. The first kappa shape index (κ1) is 15.4. The quantitative estimate of drug-likeness (QED) is 0.811. The van der Waals surface area contributed by atoms with E-state index in [1.54, 1.807) is 0 Å². The largest absolute Gasteiger partial charge is 0.473 e. The van der Waals surface area contributed by atoms with Gasteiger partial charge in [0.15, 0.2) is 6.73 Å². The van der Waals surface area contributed by atoms with Gasteiger partial charge in [0.25, 0.3) is 0 Å². The summed E-state index contributed by atoms with van der Waals surface area (Å²) in [5, 5.41) is 5.42. The number of benzene rings is 2. The maximum absolute atomic E-state index is 11.6. The summed E-state index contributed by atoms with van der Waals surface area (Å²) < 4.78 is 6.41. The summed E-state index contributed by atoms with van der Waals surface area (Å²) in [4.78, 5) is 11.6. The molecule has 2 aromatic rings. The SMILES string of the molecule is Cc1ccc(OCNC(=O)NCc2cccc(Br)c2)cc1. The fraction of sp³-hybridized carbons (Fsp3) is 0.188. The van der Waals surface area contributed by atoms with Crippen molar-refractivity contribution in [2.24, 2.45) is 0 Å². The normalized spacial score (nSPS) is 10.0. The molecule has 0 saturated heterocycles. The van der Waals surface area contributed by atoms with Crippen molar-refractivity contribution in [3.05, 3.63) is 64.1 Å². The highest BCUT2D eigenvalue weighted by Crippen LogP contribution is 2.11. The Morgan fingerprint density at radius 2 is 1.90 bits per heavy atom. The Labute approximate surface area is 132 Å². The van der Waals surface area contributed by atoms with Crippen LogP contribution in [0.1, 0.15) is 11.1 Å². The fourth-order valence-corrected chi connectivity index (χ4v) is 2.16. The van der Waals surface area contributed by atoms with Crippen molar-refractivity contribution in [1.29, 1.82) is 0 Å². The number of carbonyl (C=O) groups is 1. The second-order valence-electron chi connectivity index (χ2n) is 4.59. The molecule has 2 amide bonds. The van der Waals surface area contributed by atoms with E-state index < -0.39 is 0 Å². The van der Waals surface area contributed by atoms with Crippen LogP contribution in [-0.4, -0.2) is 12.8 Å². The molecule has 4 nitrogen and oxygen atoms in total. The van der Waals surface area contributed by atoms with Crippen molar-refractivity contribution in [1.82, 2.24) is 10.6 Å². The minimum atomic E-state index is -0.262. The van der Waals surface area contributed by atoms with E-state index in [9.17, 15) is 4.79 Å². The molecule has 0 heterocycles. The Hall–Kier alpha value is -2.01. The number of carbonyl (C=O) groups excluding carboxylic acids is 1. The molecular formula is C16H17BrN2O2. The van der Waals surface area contributed by atoms with Gasteiger partial charge in [0.2, 0.25) is 0 Å². The van der Waals surface area contributed by atoms with Gasteiger partial charge in [-0.25, -0.2) is 4.79 Å². The lowest BCUT2D eigenvalue weighted by Gasteiger charge is -2.09. The van der Waals surface area contributed by atoms with Crippen LogP contribution < -0.4 is 15.4 Å². The molecule has 0 aromatic heterocycles. The molecule has 2 aromatic carbocycles. The van der Waals surface area contributed by atoms with Gasteiger partial charge in [0, 0.05) is 11.0 Å². The van der Waals surface area contributed by atoms with Crippen LogP contribution in [0.15, 0.2) is 53.0 Å². The summed E-state index contributed by atoms with van der Waals surface area (Å²) in [6.45, 7) is 2.61. The zero-order valence-electron chi connectivity index (χ0n) is 11.7. The zero-order chi connectivity index (χ0) is 15.1. The van der Waals surface area contributed by atoms with E-state index in [0.29, 0.717) is 6.54 Å². The van der Waals surface area contributed by atoms with E-state index >= 15 is 0 Å². The average Bonchev–Trinajstić information content (AvgIpc) is 2.47. The number of urea groups is 1. The zero-order valence-corrected chi connectivity index (χ0v) is 13.3. The molecule has 5 heteroatoms. The van der Waals surface area contributed by atoms with Crippen molar-refractivity contribution in [3.63, 3.8) is 0 Å². The molecule has 0 aliphatic carbocycles. The van der Waals surface area contributed by atoms with Crippen molar-refractivity contribution in [2.75, 3.05) is 6.73 Å². The van der Waals surface area contributed by atoms with Gasteiger partial charge < -0.3 is 15.4 Å². The molecular weight excluding hydrogens is 332 g/mol. The van der Waals surface area contributed by atoms with Crippen molar-refractivity contribution < 1.29 is 9.53 Å². The molecule has 0 spiro atoms. The maximum Gasteiger partial charge on any atom is 0.317 e. The summed E-state index contributed by atoms with van der Waals surface area (Å²) in [6, 6.07) is 15.2. The molecule has 0 aliphatic rings. The minimum absolute atomic E-state index is 0.132. The predicted molar refractivity (Wildman–Crippen MR) is 86.2 cm³/mol. The van der Waals surface area contributed by atoms with Crippen LogP contribution in [-0.2, 0) is 6.54 Å². The van der Waals surface area contributed by atoms with Gasteiger partial charge in [-0.3, -0.25) is 0 Å². The average molecular weight is 349 g/mol. The molecule has 2 rings (SSSR count). The van der Waals surface area contributed by atoms with Gasteiger partial charge in [-0.05, 0) is 36.8 Å². The summed E-state index contributed by atoms with van der Waals surface area (Å²) in [5.41, 5.74) is 2.20. The molecule has 21 heavy (non-hydrogen) atoms. The second kappa shape index (κ2) is 7.69. The second-order valence-corrected chi connectivity index (χ2v) is 5.51. The number of aryl methyl sites for hydroxylation is 1. The minimum Gasteiger partial charge on any atom is -0.473 e. The number of amides is 2. The third-order valence-electron chi connectivity index (χ3n) is 2.83. The monoisotopic (exact) mass is 348 g/mol. The summed E-state index contributed by atoms with van der Waals surface area (Å²) in [7, 11) is 0. The number of ether oxygens (including phenoxy) is 1. The van der Waals surface area contributed by atoms with Gasteiger partial charge in [-0.1, -0.05) is 45.8 Å². The topological polar surface area (TPSA) is 50.4 Å². The first-order valence-corrected chi connectivity index (χ1v) is 7.38. The Balaban J connectivity index is 1.69. The van der Waals surface area contributed by atoms with Crippen LogP contribution in [0.5, 0.6) is 5.75 Å². The predicted octanol–water partition coefficient (Wildman–Crippen LogP) is 3.59. The first-order valence-electron chi connectivity index (χ1n) is 6.59. The third kappa shape index (κ3) is 5.47. The lowest BCUT2D eigenvalue weighted by Crippen LogP contribution is -2.37. The third-order valence-corrected chi connectivity index (χ3v) is 3.33. The van der Waals surface area contributed by atoms with Crippen LogP contribution >= 0.6 is 15.9 Å². The molecule has 0 radical (unpaired) electrons. The highest BCUT2D eigenvalue weighted by Gasteiger charge is 2.01. The number of hydrogen-bond acceptors (Lipinski definition) is 2. The number of rotatable bonds is 5. The molecule has 2 N–H and O–H groups in total. The van der Waals surface area contributed by atoms with Gasteiger partial charge in [0.1, 0.15) is 5.75 Å². The van der Waals surface area contributed by atoms with E-state index in [1.807, 2.05) is 55.5 Å². The Morgan fingerprint density at radius 1 is 1.14 bits per heavy atom. The van der Waals surface area contributed by atoms with Gasteiger partial charge >= 0.3 is 6.03 Å². The Bertz CT molecular complexity index is 599. The van der Waals surface area contributed by atoms with Crippen LogP contribution in [0.2, 0.25) is 0 Å². The summed E-state index contributed by atoms with van der Waals surface area (Å²) in [6.07, 6.45) is 0. The van der Waals surface area contributed by atoms with Gasteiger partial charge in [-0.2, -0.15) is 0 Å². The van der Waals surface area contributed by atoms with Crippen LogP contribution in [0.25, 0.3) is 0 Å². The molecule has 0 unspecified atom stereocenters. The van der Waals surface area contributed by atoms with Gasteiger partial charge in [-0.15, -0.1) is 0 Å². The van der Waals surface area contributed by atoms with E-state index in [4.69, 9.17) is 4.74 Å². The van der Waals surface area contributed by atoms with Crippen LogP contribution in [0.3, 0.4) is 0 Å². The van der Waals surface area contributed by atoms with Crippen molar-refractivity contribution in [3.8, 4) is 5.75 Å². The van der Waals surface area contributed by atoms with E-state index in [1.165, 1.54) is 5.56 Å². The lowest BCUT2D eigenvalue weighted by molar-refractivity contribution is 0.223. The Kier molecular flexibility index (Phi) is 5.63. The van der Waals surface area contributed by atoms with Crippen LogP contribution in [0.4, 0.5) is 4.79 Å². The Morgan fingerprint density at radius 3 is 2.62 bits per heavy atom.